The molecule has 3 saturated heterocycles. The molecule has 5 heteroatoms. The maximum Gasteiger partial charge on any atom is 0.254 e. The minimum atomic E-state index is 0.224. The van der Waals surface area contributed by atoms with Crippen LogP contribution in [0.2, 0.25) is 0 Å². The molecule has 1 N–H and O–H groups in total. The third-order valence-electron chi connectivity index (χ3n) is 6.09. The van der Waals surface area contributed by atoms with Gasteiger partial charge in [-0.1, -0.05) is 12.1 Å². The van der Waals surface area contributed by atoms with Crippen molar-refractivity contribution in [2.75, 3.05) is 46.3 Å². The lowest BCUT2D eigenvalue weighted by molar-refractivity contribution is 0.0680. The molecule has 2 unspecified atom stereocenters. The van der Waals surface area contributed by atoms with Crippen molar-refractivity contribution >= 4 is 5.91 Å². The summed E-state index contributed by atoms with van der Waals surface area (Å²) in [5.41, 5.74) is 2.16. The molecular weight excluding hydrogens is 312 g/mol. The van der Waals surface area contributed by atoms with E-state index in [1.54, 1.807) is 0 Å². The molecule has 0 spiro atoms. The fraction of sp³-hybridized carbons (Fsp3) is 0.650. The highest BCUT2D eigenvalue weighted by atomic mass is 16.2. The number of amides is 1. The molecule has 3 fully saturated rings. The molecule has 3 aliphatic heterocycles. The van der Waals surface area contributed by atoms with Crippen LogP contribution in [0.5, 0.6) is 0 Å². The van der Waals surface area contributed by atoms with Gasteiger partial charge >= 0.3 is 0 Å². The topological polar surface area (TPSA) is 38.8 Å². The number of likely N-dealkylation sites (N-methyl/N-ethyl adjacent to an activating group) is 1. The van der Waals surface area contributed by atoms with E-state index in [2.05, 4.69) is 39.2 Å². The van der Waals surface area contributed by atoms with Crippen LogP contribution in [0.25, 0.3) is 0 Å². The molecular formula is C20H30N4O. The number of carbonyl (C=O) groups is 1. The standard InChI is InChI=1S/C20H30N4O/c1-22-10-12-23(13-11-22)15-16-2-4-17(5-3-16)20(25)24-18-6-7-19(24)14-21-9-8-18/h2-5,18-19,21H,6-15H2,1H3. The highest BCUT2D eigenvalue weighted by Crippen LogP contribution is 2.29. The molecule has 1 amide bonds. The van der Waals surface area contributed by atoms with Crippen molar-refractivity contribution in [2.45, 2.75) is 37.9 Å². The van der Waals surface area contributed by atoms with Crippen LogP contribution in [0.15, 0.2) is 24.3 Å². The Bertz CT molecular complexity index is 580. The second-order valence-corrected chi connectivity index (χ2v) is 7.87. The number of nitrogens with one attached hydrogen (secondary N) is 1. The van der Waals surface area contributed by atoms with E-state index >= 15 is 0 Å². The molecule has 0 radical (unpaired) electrons. The van der Waals surface area contributed by atoms with Gasteiger partial charge in [0, 0.05) is 56.9 Å². The molecule has 3 aliphatic rings. The van der Waals surface area contributed by atoms with E-state index in [0.29, 0.717) is 12.1 Å². The van der Waals surface area contributed by atoms with Crippen molar-refractivity contribution in [3.8, 4) is 0 Å². The summed E-state index contributed by atoms with van der Waals surface area (Å²) < 4.78 is 0. The summed E-state index contributed by atoms with van der Waals surface area (Å²) in [7, 11) is 2.18. The van der Waals surface area contributed by atoms with E-state index < -0.39 is 0 Å². The lowest BCUT2D eigenvalue weighted by Crippen LogP contribution is -2.43. The Labute approximate surface area is 151 Å². The summed E-state index contributed by atoms with van der Waals surface area (Å²) in [5, 5.41) is 3.47. The smallest absolute Gasteiger partial charge is 0.254 e. The first-order valence-electron chi connectivity index (χ1n) is 9.74. The summed E-state index contributed by atoms with van der Waals surface area (Å²) in [6, 6.07) is 9.16. The SMILES string of the molecule is CN1CCN(Cc2ccc(C(=O)N3C4CCNCC3CC4)cc2)CC1. The fourth-order valence-corrected chi connectivity index (χ4v) is 4.48. The second-order valence-electron chi connectivity index (χ2n) is 7.87. The highest BCUT2D eigenvalue weighted by molar-refractivity contribution is 5.95. The van der Waals surface area contributed by atoms with Gasteiger partial charge in [-0.3, -0.25) is 9.69 Å². The van der Waals surface area contributed by atoms with Gasteiger partial charge in [-0.15, -0.1) is 0 Å². The predicted octanol–water partition coefficient (Wildman–Crippen LogP) is 1.40. The fourth-order valence-electron chi connectivity index (χ4n) is 4.48. The van der Waals surface area contributed by atoms with E-state index in [1.807, 2.05) is 12.1 Å². The number of carbonyl (C=O) groups excluding carboxylic acids is 1. The van der Waals surface area contributed by atoms with E-state index in [1.165, 1.54) is 12.0 Å². The third-order valence-corrected chi connectivity index (χ3v) is 6.09. The Hall–Kier alpha value is -1.43. The zero-order chi connectivity index (χ0) is 17.2. The average Bonchev–Trinajstić information content (AvgIpc) is 2.90. The molecule has 2 atom stereocenters. The molecule has 4 rings (SSSR count). The van der Waals surface area contributed by atoms with Gasteiger partial charge < -0.3 is 15.1 Å². The summed E-state index contributed by atoms with van der Waals surface area (Å²) in [4.78, 5) is 20.1. The van der Waals surface area contributed by atoms with Crippen molar-refractivity contribution in [1.29, 1.82) is 0 Å². The van der Waals surface area contributed by atoms with Gasteiger partial charge in [0.05, 0.1) is 0 Å². The minimum absolute atomic E-state index is 0.224. The normalized spacial score (nSPS) is 28.1. The molecule has 1 aromatic carbocycles. The molecule has 0 aromatic heterocycles. The molecule has 0 saturated carbocycles. The van der Waals surface area contributed by atoms with Gasteiger partial charge in [-0.2, -0.15) is 0 Å². The Balaban J connectivity index is 1.40. The maximum absolute atomic E-state index is 13.0. The predicted molar refractivity (Wildman–Crippen MR) is 99.7 cm³/mol. The van der Waals surface area contributed by atoms with Gasteiger partial charge in [-0.25, -0.2) is 0 Å². The first-order valence-corrected chi connectivity index (χ1v) is 9.74. The van der Waals surface area contributed by atoms with Gasteiger partial charge in [0.1, 0.15) is 0 Å². The first-order chi connectivity index (χ1) is 12.2. The summed E-state index contributed by atoms with van der Waals surface area (Å²) in [6.45, 7) is 7.51. The number of rotatable bonds is 3. The Morgan fingerprint density at radius 1 is 1.04 bits per heavy atom. The van der Waals surface area contributed by atoms with Crippen molar-refractivity contribution in [2.24, 2.45) is 0 Å². The quantitative estimate of drug-likeness (QED) is 0.901. The van der Waals surface area contributed by atoms with E-state index in [0.717, 1.165) is 64.2 Å². The molecule has 2 bridgehead atoms. The Morgan fingerprint density at radius 2 is 1.76 bits per heavy atom. The molecule has 0 aliphatic carbocycles. The second kappa shape index (κ2) is 7.44. The van der Waals surface area contributed by atoms with Gasteiger partial charge in [0.15, 0.2) is 0 Å². The van der Waals surface area contributed by atoms with Gasteiger partial charge in [0.25, 0.3) is 5.91 Å². The van der Waals surface area contributed by atoms with Crippen molar-refractivity contribution < 1.29 is 4.79 Å². The largest absolute Gasteiger partial charge is 0.331 e. The van der Waals surface area contributed by atoms with Crippen LogP contribution >= 0.6 is 0 Å². The zero-order valence-electron chi connectivity index (χ0n) is 15.3. The number of piperazine rings is 1. The van der Waals surface area contributed by atoms with E-state index in [9.17, 15) is 4.79 Å². The third kappa shape index (κ3) is 3.73. The molecule has 1 aromatic rings. The van der Waals surface area contributed by atoms with E-state index in [-0.39, 0.29) is 5.91 Å². The Morgan fingerprint density at radius 3 is 2.52 bits per heavy atom. The monoisotopic (exact) mass is 342 g/mol. The number of hydrogen-bond acceptors (Lipinski definition) is 4. The highest BCUT2D eigenvalue weighted by Gasteiger charge is 2.38. The molecule has 3 heterocycles. The van der Waals surface area contributed by atoms with Crippen LogP contribution in [-0.4, -0.2) is 79.0 Å². The summed E-state index contributed by atoms with van der Waals surface area (Å²) in [5.74, 6) is 0.224. The molecule has 25 heavy (non-hydrogen) atoms. The minimum Gasteiger partial charge on any atom is -0.331 e. The van der Waals surface area contributed by atoms with Crippen LogP contribution in [-0.2, 0) is 6.54 Å². The van der Waals surface area contributed by atoms with E-state index in [4.69, 9.17) is 0 Å². The van der Waals surface area contributed by atoms with Crippen molar-refractivity contribution in [1.82, 2.24) is 20.0 Å². The Kier molecular flexibility index (Phi) is 5.06. The summed E-state index contributed by atoms with van der Waals surface area (Å²) >= 11 is 0. The maximum atomic E-state index is 13.0. The van der Waals surface area contributed by atoms with Crippen LogP contribution in [0.1, 0.15) is 35.2 Å². The lowest BCUT2D eigenvalue weighted by Gasteiger charge is -2.32. The van der Waals surface area contributed by atoms with Crippen molar-refractivity contribution in [3.05, 3.63) is 35.4 Å². The number of benzene rings is 1. The average molecular weight is 342 g/mol. The first kappa shape index (κ1) is 17.0. The van der Waals surface area contributed by atoms with Gasteiger partial charge in [0.2, 0.25) is 0 Å². The van der Waals surface area contributed by atoms with Crippen LogP contribution < -0.4 is 5.32 Å². The molecule has 5 nitrogen and oxygen atoms in total. The molecule has 136 valence electrons. The number of nitrogens with zero attached hydrogens (tertiary/aromatic N) is 3. The number of hydrogen-bond donors (Lipinski definition) is 1. The lowest BCUT2D eigenvalue weighted by atomic mass is 10.1. The van der Waals surface area contributed by atoms with Crippen molar-refractivity contribution in [3.63, 3.8) is 0 Å². The van der Waals surface area contributed by atoms with Crippen LogP contribution in [0.3, 0.4) is 0 Å². The van der Waals surface area contributed by atoms with Crippen LogP contribution in [0, 0.1) is 0 Å². The summed E-state index contributed by atoms with van der Waals surface area (Å²) in [6.07, 6.45) is 3.40. The van der Waals surface area contributed by atoms with Gasteiger partial charge in [-0.05, 0) is 50.6 Å². The van der Waals surface area contributed by atoms with Crippen LogP contribution in [0.4, 0.5) is 0 Å². The number of fused-ring (bicyclic) bond motifs is 2. The zero-order valence-corrected chi connectivity index (χ0v) is 15.3.